The summed E-state index contributed by atoms with van der Waals surface area (Å²) in [4.78, 5) is 9.81. The zero-order valence-corrected chi connectivity index (χ0v) is 6.81. The van der Waals surface area contributed by atoms with Crippen molar-refractivity contribution >= 4 is 12.0 Å². The summed E-state index contributed by atoms with van der Waals surface area (Å²) in [6, 6.07) is 0. The van der Waals surface area contributed by atoms with Crippen LogP contribution in [-0.4, -0.2) is 12.0 Å². The van der Waals surface area contributed by atoms with E-state index in [1.165, 1.54) is 6.21 Å². The molecular weight excluding hydrogens is 130 g/mol. The fourth-order valence-electron chi connectivity index (χ4n) is 0.0833. The molecule has 0 aromatic rings. The van der Waals surface area contributed by atoms with Gasteiger partial charge < -0.3 is 10.0 Å². The average Bonchev–Trinajstić information content (AvgIpc) is 1.91. The van der Waals surface area contributed by atoms with Gasteiger partial charge in [0.15, 0.2) is 0 Å². The Bertz CT molecular complexity index is 99.8. The number of carbonyl (C=O) groups excluding carboxylic acids is 1. The Kier molecular flexibility index (Phi) is 13.1. The maximum atomic E-state index is 9.81. The molecule has 10 heavy (non-hydrogen) atoms. The van der Waals surface area contributed by atoms with Crippen LogP contribution in [0.2, 0.25) is 0 Å². The number of hydrogen-bond donors (Lipinski definition) is 1. The summed E-state index contributed by atoms with van der Waals surface area (Å²) in [5, 5.41) is 10.9. The van der Waals surface area contributed by atoms with E-state index < -0.39 is 0 Å². The van der Waals surface area contributed by atoms with E-state index in [0.29, 0.717) is 6.42 Å². The van der Waals surface area contributed by atoms with Crippen LogP contribution in [0.5, 0.6) is 0 Å². The van der Waals surface area contributed by atoms with Crippen molar-refractivity contribution in [1.82, 2.24) is 0 Å². The maximum absolute atomic E-state index is 9.81. The molecule has 1 N–H and O–H groups in total. The summed E-state index contributed by atoms with van der Waals surface area (Å²) >= 11 is 0. The highest BCUT2D eigenvalue weighted by Crippen LogP contribution is 1.71. The zero-order valence-electron chi connectivity index (χ0n) is 6.81. The minimum atomic E-state index is 0.255. The van der Waals surface area contributed by atoms with Crippen LogP contribution in [0.1, 0.15) is 33.6 Å². The van der Waals surface area contributed by atoms with E-state index in [4.69, 9.17) is 0 Å². The van der Waals surface area contributed by atoms with E-state index in [9.17, 15) is 10.0 Å². The Hall–Kier alpha value is -0.860. The van der Waals surface area contributed by atoms with Gasteiger partial charge in [-0.1, -0.05) is 13.8 Å². The van der Waals surface area contributed by atoms with Gasteiger partial charge in [-0.15, -0.1) is 0 Å². The summed E-state index contributed by atoms with van der Waals surface area (Å²) in [5.41, 5.74) is 0. The highest BCUT2D eigenvalue weighted by molar-refractivity contribution is 5.74. The predicted molar refractivity (Wildman–Crippen MR) is 41.7 cm³/mol. The number of hydrogen-bond acceptors (Lipinski definition) is 2. The van der Waals surface area contributed by atoms with Gasteiger partial charge in [0.1, 0.15) is 12.0 Å². The molecule has 0 aliphatic carbocycles. The predicted octanol–water partition coefficient (Wildman–Crippen LogP) is 0.0310. The smallest absolute Gasteiger partial charge is 0.148 e. The highest BCUT2D eigenvalue weighted by atomic mass is 16.4. The normalized spacial score (nSPS) is 8.70. The summed E-state index contributed by atoms with van der Waals surface area (Å²) in [7, 11) is 0. The van der Waals surface area contributed by atoms with E-state index in [-0.39, 0.29) is 5.78 Å². The Morgan fingerprint density at radius 1 is 1.60 bits per heavy atom. The molecule has 0 aliphatic rings. The molecule has 0 saturated carbocycles. The van der Waals surface area contributed by atoms with E-state index in [2.05, 4.69) is 0 Å². The van der Waals surface area contributed by atoms with Gasteiger partial charge in [-0.3, -0.25) is 0 Å². The van der Waals surface area contributed by atoms with Crippen LogP contribution in [0.4, 0.5) is 0 Å². The lowest BCUT2D eigenvalue weighted by Crippen LogP contribution is -2.59. The first-order valence-corrected chi connectivity index (χ1v) is 3.37. The molecule has 0 aromatic heterocycles. The largest absolute Gasteiger partial charge is 0.626 e. The third-order valence-electron chi connectivity index (χ3n) is 0.785. The summed E-state index contributed by atoms with van der Waals surface area (Å²) in [6.07, 6.45) is 2.91. The van der Waals surface area contributed by atoms with Crippen molar-refractivity contribution in [2.75, 3.05) is 0 Å². The molecule has 0 spiro atoms. The average molecular weight is 145 g/mol. The monoisotopic (exact) mass is 145 g/mol. The molecular formula is C7H15NO2. The molecule has 60 valence electrons. The summed E-state index contributed by atoms with van der Waals surface area (Å²) in [5.74, 6) is 0.255. The van der Waals surface area contributed by atoms with Crippen LogP contribution < -0.4 is 5.16 Å². The first kappa shape index (κ1) is 11.9. The summed E-state index contributed by atoms with van der Waals surface area (Å²) < 4.78 is 0. The molecule has 0 bridgehead atoms. The second-order valence-corrected chi connectivity index (χ2v) is 1.79. The Morgan fingerprint density at radius 3 is 2.00 bits per heavy atom. The van der Waals surface area contributed by atoms with Gasteiger partial charge >= 0.3 is 0 Å². The molecule has 3 heteroatoms. The number of Topliss-reactive ketones (excluding diaryl/α,β-unsaturated/α-hetero) is 1. The third kappa shape index (κ3) is 27.3. The van der Waals surface area contributed by atoms with Gasteiger partial charge in [0.25, 0.3) is 0 Å². The molecule has 0 saturated heterocycles. The number of carbonyl (C=O) groups is 1. The third-order valence-corrected chi connectivity index (χ3v) is 0.785. The van der Waals surface area contributed by atoms with Gasteiger partial charge in [0.2, 0.25) is 0 Å². The molecule has 0 aliphatic heterocycles. The fraction of sp³-hybridized carbons (Fsp3) is 0.714. The van der Waals surface area contributed by atoms with Crippen LogP contribution in [0.15, 0.2) is 0 Å². The topological polar surface area (TPSA) is 54.1 Å². The SMILES string of the molecule is CCC(C)=O.CCC=[NH+][O-]. The lowest BCUT2D eigenvalue weighted by molar-refractivity contribution is -0.368. The number of rotatable bonds is 2. The van der Waals surface area contributed by atoms with Crippen LogP contribution >= 0.6 is 0 Å². The molecule has 0 rings (SSSR count). The standard InChI is InChI=1S/C4H8O.C3H7NO/c1-3-4(2)5;1-2-3-4-5/h3H2,1-2H3;3-4H,2H2,1H3. The van der Waals surface area contributed by atoms with Crippen LogP contribution in [-0.2, 0) is 4.79 Å². The van der Waals surface area contributed by atoms with Crippen molar-refractivity contribution in [3.8, 4) is 0 Å². The first-order valence-electron chi connectivity index (χ1n) is 3.37. The van der Waals surface area contributed by atoms with Crippen LogP contribution in [0.3, 0.4) is 0 Å². The molecule has 0 unspecified atom stereocenters. The lowest BCUT2D eigenvalue weighted by Gasteiger charge is -1.71. The Balaban J connectivity index is 0. The molecule has 0 aromatic carbocycles. The minimum absolute atomic E-state index is 0.255. The molecule has 0 atom stereocenters. The molecule has 0 fully saturated rings. The Labute approximate surface area is 61.7 Å². The van der Waals surface area contributed by atoms with Gasteiger partial charge in [0, 0.05) is 12.8 Å². The van der Waals surface area contributed by atoms with Gasteiger partial charge in [0.05, 0.1) is 0 Å². The van der Waals surface area contributed by atoms with Crippen molar-refractivity contribution < 1.29 is 9.95 Å². The van der Waals surface area contributed by atoms with Crippen molar-refractivity contribution in [2.24, 2.45) is 0 Å². The summed E-state index contributed by atoms with van der Waals surface area (Å²) in [6.45, 7) is 5.33. The van der Waals surface area contributed by atoms with E-state index in [1.54, 1.807) is 12.1 Å². The van der Waals surface area contributed by atoms with E-state index in [0.717, 1.165) is 6.42 Å². The number of nitrogens with one attached hydrogen (secondary N) is 1. The van der Waals surface area contributed by atoms with Crippen LogP contribution in [0, 0.1) is 5.21 Å². The van der Waals surface area contributed by atoms with Gasteiger partial charge in [-0.2, -0.15) is 0 Å². The van der Waals surface area contributed by atoms with Crippen molar-refractivity contribution in [3.05, 3.63) is 5.21 Å². The van der Waals surface area contributed by atoms with E-state index >= 15 is 0 Å². The Morgan fingerprint density at radius 2 is 2.00 bits per heavy atom. The molecule has 0 radical (unpaired) electrons. The lowest BCUT2D eigenvalue weighted by atomic mass is 10.4. The second-order valence-electron chi connectivity index (χ2n) is 1.79. The molecule has 0 heterocycles. The van der Waals surface area contributed by atoms with Crippen molar-refractivity contribution in [3.63, 3.8) is 0 Å². The minimum Gasteiger partial charge on any atom is -0.626 e. The maximum Gasteiger partial charge on any atom is 0.148 e. The van der Waals surface area contributed by atoms with Crippen molar-refractivity contribution in [1.29, 1.82) is 0 Å². The molecule has 3 nitrogen and oxygen atoms in total. The van der Waals surface area contributed by atoms with Crippen LogP contribution in [0.25, 0.3) is 0 Å². The first-order chi connectivity index (χ1) is 4.68. The fourth-order valence-corrected chi connectivity index (χ4v) is 0.0833. The van der Waals surface area contributed by atoms with Gasteiger partial charge in [-0.05, 0) is 6.92 Å². The number of ketones is 1. The second kappa shape index (κ2) is 11.0. The quantitative estimate of drug-likeness (QED) is 0.338. The zero-order chi connectivity index (χ0) is 8.41. The van der Waals surface area contributed by atoms with Gasteiger partial charge in [-0.25, -0.2) is 5.16 Å². The van der Waals surface area contributed by atoms with Crippen molar-refractivity contribution in [2.45, 2.75) is 33.6 Å². The van der Waals surface area contributed by atoms with E-state index in [1.807, 2.05) is 13.8 Å². The molecule has 0 amide bonds. The highest BCUT2D eigenvalue weighted by Gasteiger charge is 1.76.